The summed E-state index contributed by atoms with van der Waals surface area (Å²) in [6.07, 6.45) is 3.66. The second-order valence-corrected chi connectivity index (χ2v) is 2.63. The smallest absolute Gasteiger partial charge is 0.119 e. The van der Waals surface area contributed by atoms with E-state index in [2.05, 4.69) is 10.2 Å². The number of aliphatic hydroxyl groups is 1. The summed E-state index contributed by atoms with van der Waals surface area (Å²) in [5, 5.41) is 16.7. The van der Waals surface area contributed by atoms with Gasteiger partial charge in [-0.3, -0.25) is 0 Å². The fourth-order valence-corrected chi connectivity index (χ4v) is 0.959. The van der Waals surface area contributed by atoms with E-state index in [4.69, 9.17) is 0 Å². The van der Waals surface area contributed by atoms with Gasteiger partial charge in [-0.1, -0.05) is 6.92 Å². The summed E-state index contributed by atoms with van der Waals surface area (Å²) in [4.78, 5) is 0. The summed E-state index contributed by atoms with van der Waals surface area (Å²) in [7, 11) is 0. The third-order valence-electron chi connectivity index (χ3n) is 1.88. The van der Waals surface area contributed by atoms with E-state index in [9.17, 15) is 5.11 Å². The number of nitrogens with zero attached hydrogens (tertiary/aromatic N) is 3. The lowest BCUT2D eigenvalue weighted by atomic mass is 10.1. The van der Waals surface area contributed by atoms with E-state index in [1.807, 2.05) is 13.8 Å². The topological polar surface area (TPSA) is 50.9 Å². The zero-order valence-electron chi connectivity index (χ0n) is 6.81. The average Bonchev–Trinajstić information content (AvgIpc) is 2.53. The number of rotatable bonds is 3. The van der Waals surface area contributed by atoms with Crippen molar-refractivity contribution in [1.29, 1.82) is 0 Å². The molecular weight excluding hydrogens is 142 g/mol. The van der Waals surface area contributed by atoms with Crippen LogP contribution in [0.4, 0.5) is 0 Å². The van der Waals surface area contributed by atoms with Gasteiger partial charge < -0.3 is 9.67 Å². The number of aliphatic hydroxyl groups excluding tert-OH is 1. The van der Waals surface area contributed by atoms with Crippen molar-refractivity contribution in [2.24, 2.45) is 0 Å². The zero-order valence-corrected chi connectivity index (χ0v) is 6.81. The first-order valence-electron chi connectivity index (χ1n) is 3.78. The van der Waals surface area contributed by atoms with Gasteiger partial charge in [-0.2, -0.15) is 0 Å². The SMILES string of the molecule is CCC(O)C(C)n1cnnc1. The molecule has 62 valence electrons. The van der Waals surface area contributed by atoms with E-state index in [0.29, 0.717) is 0 Å². The van der Waals surface area contributed by atoms with Crippen LogP contribution in [0.5, 0.6) is 0 Å². The molecule has 2 atom stereocenters. The minimum atomic E-state index is -0.314. The Bertz CT molecular complexity index is 197. The Morgan fingerprint density at radius 3 is 2.45 bits per heavy atom. The van der Waals surface area contributed by atoms with Crippen molar-refractivity contribution >= 4 is 0 Å². The van der Waals surface area contributed by atoms with Crippen LogP contribution in [0.15, 0.2) is 12.7 Å². The van der Waals surface area contributed by atoms with Crippen LogP contribution < -0.4 is 0 Å². The molecule has 0 aliphatic carbocycles. The maximum atomic E-state index is 9.42. The average molecular weight is 155 g/mol. The third-order valence-corrected chi connectivity index (χ3v) is 1.88. The summed E-state index contributed by atoms with van der Waals surface area (Å²) in [6.45, 7) is 3.89. The van der Waals surface area contributed by atoms with E-state index >= 15 is 0 Å². The molecule has 0 spiro atoms. The highest BCUT2D eigenvalue weighted by Gasteiger charge is 2.12. The highest BCUT2D eigenvalue weighted by Crippen LogP contribution is 2.11. The first kappa shape index (κ1) is 8.20. The summed E-state index contributed by atoms with van der Waals surface area (Å²) < 4.78 is 1.80. The Morgan fingerprint density at radius 1 is 1.45 bits per heavy atom. The highest BCUT2D eigenvalue weighted by atomic mass is 16.3. The van der Waals surface area contributed by atoms with E-state index < -0.39 is 0 Å². The summed E-state index contributed by atoms with van der Waals surface area (Å²) in [6, 6.07) is 0.0648. The predicted molar refractivity (Wildman–Crippen MR) is 41.0 cm³/mol. The molecule has 0 fully saturated rings. The van der Waals surface area contributed by atoms with Gasteiger partial charge in [0, 0.05) is 0 Å². The molecule has 0 amide bonds. The van der Waals surface area contributed by atoms with Crippen LogP contribution in [0.2, 0.25) is 0 Å². The van der Waals surface area contributed by atoms with Crippen molar-refractivity contribution < 1.29 is 5.11 Å². The van der Waals surface area contributed by atoms with E-state index in [1.165, 1.54) is 0 Å². The lowest BCUT2D eigenvalue weighted by Gasteiger charge is -2.17. The van der Waals surface area contributed by atoms with Crippen LogP contribution in [-0.4, -0.2) is 26.0 Å². The first-order valence-corrected chi connectivity index (χ1v) is 3.78. The summed E-state index contributed by atoms with van der Waals surface area (Å²) in [5.41, 5.74) is 0. The van der Waals surface area contributed by atoms with Crippen molar-refractivity contribution in [3.05, 3.63) is 12.7 Å². The van der Waals surface area contributed by atoms with Gasteiger partial charge >= 0.3 is 0 Å². The van der Waals surface area contributed by atoms with Crippen molar-refractivity contribution in [3.63, 3.8) is 0 Å². The molecule has 0 bridgehead atoms. The second kappa shape index (κ2) is 3.48. The summed E-state index contributed by atoms with van der Waals surface area (Å²) in [5.74, 6) is 0. The minimum Gasteiger partial charge on any atom is -0.391 e. The first-order chi connectivity index (χ1) is 5.25. The molecule has 11 heavy (non-hydrogen) atoms. The molecule has 4 nitrogen and oxygen atoms in total. The minimum absolute atomic E-state index is 0.0648. The Labute approximate surface area is 65.9 Å². The molecule has 2 unspecified atom stereocenters. The van der Waals surface area contributed by atoms with Crippen molar-refractivity contribution in [3.8, 4) is 0 Å². The number of hydrogen-bond donors (Lipinski definition) is 1. The maximum absolute atomic E-state index is 9.42. The van der Waals surface area contributed by atoms with Crippen LogP contribution in [-0.2, 0) is 0 Å². The largest absolute Gasteiger partial charge is 0.391 e. The molecule has 0 aliphatic rings. The van der Waals surface area contributed by atoms with Crippen LogP contribution in [0.3, 0.4) is 0 Å². The lowest BCUT2D eigenvalue weighted by molar-refractivity contribution is 0.116. The molecule has 0 radical (unpaired) electrons. The van der Waals surface area contributed by atoms with Gasteiger partial charge in [-0.05, 0) is 13.3 Å². The molecular formula is C7H13N3O. The predicted octanol–water partition coefficient (Wildman–Crippen LogP) is 0.610. The van der Waals surface area contributed by atoms with Crippen LogP contribution >= 0.6 is 0 Å². The molecule has 0 aliphatic heterocycles. The molecule has 1 N–H and O–H groups in total. The van der Waals surface area contributed by atoms with Crippen LogP contribution in [0.1, 0.15) is 26.3 Å². The van der Waals surface area contributed by atoms with Gasteiger partial charge in [-0.15, -0.1) is 10.2 Å². The standard InChI is InChI=1S/C7H13N3O/c1-3-7(11)6(2)10-4-8-9-5-10/h4-7,11H,3H2,1-2H3. The monoisotopic (exact) mass is 155 g/mol. The molecule has 1 heterocycles. The van der Waals surface area contributed by atoms with Crippen LogP contribution in [0.25, 0.3) is 0 Å². The number of hydrogen-bond acceptors (Lipinski definition) is 3. The quantitative estimate of drug-likeness (QED) is 0.695. The zero-order chi connectivity index (χ0) is 8.27. The Hall–Kier alpha value is -0.900. The molecule has 1 rings (SSSR count). The highest BCUT2D eigenvalue weighted by molar-refractivity contribution is 4.73. The second-order valence-electron chi connectivity index (χ2n) is 2.63. The van der Waals surface area contributed by atoms with Crippen molar-refractivity contribution in [2.75, 3.05) is 0 Å². The number of aromatic nitrogens is 3. The molecule has 0 saturated carbocycles. The Balaban J connectivity index is 2.62. The fourth-order valence-electron chi connectivity index (χ4n) is 0.959. The molecule has 0 saturated heterocycles. The van der Waals surface area contributed by atoms with Gasteiger partial charge in [-0.25, -0.2) is 0 Å². The van der Waals surface area contributed by atoms with E-state index in [0.717, 1.165) is 6.42 Å². The molecule has 4 heteroatoms. The van der Waals surface area contributed by atoms with Crippen molar-refractivity contribution in [2.45, 2.75) is 32.4 Å². The van der Waals surface area contributed by atoms with Gasteiger partial charge in [0.1, 0.15) is 12.7 Å². The van der Waals surface area contributed by atoms with Crippen LogP contribution in [0, 0.1) is 0 Å². The lowest BCUT2D eigenvalue weighted by Crippen LogP contribution is -2.19. The van der Waals surface area contributed by atoms with Gasteiger partial charge in [0.2, 0.25) is 0 Å². The normalized spacial score (nSPS) is 16.3. The van der Waals surface area contributed by atoms with Gasteiger partial charge in [0.15, 0.2) is 0 Å². The maximum Gasteiger partial charge on any atom is 0.119 e. The fraction of sp³-hybridized carbons (Fsp3) is 0.714. The van der Waals surface area contributed by atoms with Gasteiger partial charge in [0.05, 0.1) is 12.1 Å². The molecule has 0 aromatic carbocycles. The molecule has 1 aromatic rings. The van der Waals surface area contributed by atoms with Crippen molar-refractivity contribution in [1.82, 2.24) is 14.8 Å². The van der Waals surface area contributed by atoms with E-state index in [1.54, 1.807) is 17.2 Å². The molecule has 1 aromatic heterocycles. The third kappa shape index (κ3) is 1.77. The van der Waals surface area contributed by atoms with E-state index in [-0.39, 0.29) is 12.1 Å². The Kier molecular flexibility index (Phi) is 2.59. The Morgan fingerprint density at radius 2 is 2.00 bits per heavy atom. The van der Waals surface area contributed by atoms with Gasteiger partial charge in [0.25, 0.3) is 0 Å². The summed E-state index contributed by atoms with van der Waals surface area (Å²) >= 11 is 0.